The van der Waals surface area contributed by atoms with Crippen molar-refractivity contribution in [2.24, 2.45) is 23.7 Å². The molecule has 0 N–H and O–H groups in total. The van der Waals surface area contributed by atoms with Crippen LogP contribution < -0.4 is 23.7 Å². The second-order valence-corrected chi connectivity index (χ2v) is 27.6. The fourth-order valence-corrected chi connectivity index (χ4v) is 12.3. The summed E-state index contributed by atoms with van der Waals surface area (Å²) in [7, 11) is 0. The van der Waals surface area contributed by atoms with Crippen molar-refractivity contribution >= 4 is 0 Å². The minimum Gasteiger partial charge on any atom is -0.488 e. The predicted molar refractivity (Wildman–Crippen MR) is 369 cm³/mol. The van der Waals surface area contributed by atoms with Gasteiger partial charge in [-0.05, 0) is 267 Å². The third-order valence-corrected chi connectivity index (χ3v) is 19.2. The van der Waals surface area contributed by atoms with E-state index in [4.69, 9.17) is 37.9 Å². The summed E-state index contributed by atoms with van der Waals surface area (Å²) in [6, 6.07) is 42.2. The predicted octanol–water partition coefficient (Wildman–Crippen LogP) is 23.0. The Hall–Kier alpha value is -5.02. The van der Waals surface area contributed by atoms with E-state index in [0.717, 1.165) is 58.8 Å². The van der Waals surface area contributed by atoms with Gasteiger partial charge in [-0.25, -0.2) is 0 Å². The monoisotopic (exact) mass is 1210 g/mol. The van der Waals surface area contributed by atoms with Gasteiger partial charge in [-0.3, -0.25) is 0 Å². The van der Waals surface area contributed by atoms with Crippen molar-refractivity contribution in [3.63, 3.8) is 0 Å². The first-order chi connectivity index (χ1) is 42.2. The molecule has 5 unspecified atom stereocenters. The smallest absolute Gasteiger partial charge is 0.189 e. The van der Waals surface area contributed by atoms with E-state index >= 15 is 0 Å². The molecule has 10 rings (SSSR count). The van der Waals surface area contributed by atoms with Gasteiger partial charge in [-0.1, -0.05) is 156 Å². The largest absolute Gasteiger partial charge is 0.488 e. The average molecular weight is 1210 g/mol. The van der Waals surface area contributed by atoms with Crippen molar-refractivity contribution in [2.75, 3.05) is 27.0 Å². The Bertz CT molecular complexity index is 2550. The highest BCUT2D eigenvalue weighted by molar-refractivity contribution is 5.33. The Morgan fingerprint density at radius 2 is 0.693 bits per heavy atom. The van der Waals surface area contributed by atoms with Crippen LogP contribution in [0.1, 0.15) is 278 Å². The molecule has 88 heavy (non-hydrogen) atoms. The second-order valence-electron chi connectivity index (χ2n) is 27.6. The number of hydrogen-bond donors (Lipinski definition) is 0. The van der Waals surface area contributed by atoms with Crippen LogP contribution in [0.2, 0.25) is 0 Å². The zero-order valence-corrected chi connectivity index (χ0v) is 58.3. The maximum atomic E-state index is 6.20. The van der Waals surface area contributed by atoms with Crippen LogP contribution in [0.15, 0.2) is 121 Å². The molecule has 0 spiro atoms. The Morgan fingerprint density at radius 3 is 1.01 bits per heavy atom. The number of ether oxygens (including phenoxy) is 8. The van der Waals surface area contributed by atoms with E-state index in [1.54, 1.807) is 0 Å². The van der Waals surface area contributed by atoms with Gasteiger partial charge in [0.1, 0.15) is 39.9 Å². The van der Waals surface area contributed by atoms with Crippen LogP contribution in [0.3, 0.4) is 0 Å². The van der Waals surface area contributed by atoms with Gasteiger partial charge < -0.3 is 37.9 Å². The van der Waals surface area contributed by atoms with Gasteiger partial charge in [0.15, 0.2) is 20.4 Å². The molecule has 5 atom stereocenters. The molecule has 0 saturated heterocycles. The third-order valence-electron chi connectivity index (χ3n) is 19.2. The molecule has 0 aromatic heterocycles. The zero-order valence-electron chi connectivity index (χ0n) is 58.3. The highest BCUT2D eigenvalue weighted by atomic mass is 16.7. The van der Waals surface area contributed by atoms with E-state index in [1.807, 2.05) is 31.2 Å². The molecule has 8 nitrogen and oxygen atoms in total. The molecule has 0 radical (unpaired) electrons. The zero-order chi connectivity index (χ0) is 64.1. The summed E-state index contributed by atoms with van der Waals surface area (Å²) in [4.78, 5) is 0. The first kappa shape index (κ1) is 73.7. The molecule has 8 heteroatoms. The lowest BCUT2D eigenvalue weighted by Gasteiger charge is -2.53. The number of hydrogen-bond acceptors (Lipinski definition) is 8. The van der Waals surface area contributed by atoms with Crippen LogP contribution in [0.4, 0.5) is 0 Å². The molecule has 5 aromatic carbocycles. The van der Waals surface area contributed by atoms with Crippen LogP contribution in [-0.2, 0) is 14.2 Å². The molecule has 5 aliphatic carbocycles. The van der Waals surface area contributed by atoms with Gasteiger partial charge in [0.25, 0.3) is 0 Å². The molecular formula is C80H122O8. The lowest BCUT2D eigenvalue weighted by atomic mass is 9.55. The first-order valence-electron chi connectivity index (χ1n) is 34.8. The molecule has 0 amide bonds. The fraction of sp³-hybridized carbons (Fsp3) is 0.625. The van der Waals surface area contributed by atoms with Crippen LogP contribution in [-0.4, -0.2) is 50.4 Å². The van der Waals surface area contributed by atoms with Gasteiger partial charge in [0.05, 0.1) is 12.2 Å². The van der Waals surface area contributed by atoms with Crippen molar-refractivity contribution in [3.05, 3.63) is 149 Å². The minimum atomic E-state index is -0.113. The van der Waals surface area contributed by atoms with Crippen molar-refractivity contribution in [2.45, 2.75) is 273 Å². The molecule has 490 valence electrons. The van der Waals surface area contributed by atoms with Crippen molar-refractivity contribution in [1.29, 1.82) is 0 Å². The van der Waals surface area contributed by atoms with Crippen LogP contribution >= 0.6 is 0 Å². The lowest BCUT2D eigenvalue weighted by Crippen LogP contribution is -2.49. The van der Waals surface area contributed by atoms with E-state index in [0.29, 0.717) is 68.8 Å². The summed E-state index contributed by atoms with van der Waals surface area (Å²) in [5.41, 5.74) is 6.73. The second kappa shape index (κ2) is 38.6. The Morgan fingerprint density at radius 1 is 0.375 bits per heavy atom. The Balaban J connectivity index is 0.000000203. The lowest BCUT2D eigenvalue weighted by molar-refractivity contribution is -0.155. The summed E-state index contributed by atoms with van der Waals surface area (Å²) < 4.78 is 45.7. The first-order valence-corrected chi connectivity index (χ1v) is 34.8. The van der Waals surface area contributed by atoms with Crippen LogP contribution in [0, 0.1) is 23.7 Å². The highest BCUT2D eigenvalue weighted by Crippen LogP contribution is 2.54. The summed E-state index contributed by atoms with van der Waals surface area (Å²) in [5, 5.41) is 0. The van der Waals surface area contributed by atoms with E-state index in [-0.39, 0.29) is 11.2 Å². The molecule has 5 fully saturated rings. The van der Waals surface area contributed by atoms with Gasteiger partial charge in [-0.2, -0.15) is 0 Å². The number of rotatable bonds is 26. The average Bonchev–Trinajstić information content (AvgIpc) is 0.918. The van der Waals surface area contributed by atoms with E-state index in [9.17, 15) is 0 Å². The minimum absolute atomic E-state index is 0.0715. The van der Waals surface area contributed by atoms with E-state index in [2.05, 4.69) is 208 Å². The van der Waals surface area contributed by atoms with Crippen molar-refractivity contribution < 1.29 is 37.9 Å². The molecule has 5 saturated carbocycles. The van der Waals surface area contributed by atoms with Gasteiger partial charge in [0.2, 0.25) is 0 Å². The maximum Gasteiger partial charge on any atom is 0.189 e. The molecule has 5 aliphatic rings. The Kier molecular flexibility index (Phi) is 32.4. The van der Waals surface area contributed by atoms with E-state index in [1.165, 1.54) is 124 Å². The van der Waals surface area contributed by atoms with E-state index < -0.39 is 0 Å². The highest BCUT2D eigenvalue weighted by Gasteiger charge is 2.48. The SMILES string of the molecule is CCC(C)c1ccc(OC(C)(C)C)cc1.CCC(C)c1ccc(OC(C)(C)CC)cc1.CCC(C)c1ccc(OCOC2C3CC4CC(C3)CC2C4)cc1.CCC(C)c1ccc(OCOC2CCCCC2)cc1.CCOCOc1ccc(C(C)CC)cc1. The van der Waals surface area contributed by atoms with Crippen LogP contribution in [0.25, 0.3) is 0 Å². The van der Waals surface area contributed by atoms with Gasteiger partial charge >= 0.3 is 0 Å². The van der Waals surface area contributed by atoms with Crippen molar-refractivity contribution in [1.82, 2.24) is 0 Å². The summed E-state index contributed by atoms with van der Waals surface area (Å²) in [6.07, 6.45) is 21.2. The molecule has 0 heterocycles. The molecule has 4 bridgehead atoms. The Labute approximate surface area is 537 Å². The third kappa shape index (κ3) is 26.1. The normalized spacial score (nSPS) is 20.3. The molecule has 5 aromatic rings. The maximum absolute atomic E-state index is 6.20. The summed E-state index contributed by atoms with van der Waals surface area (Å²) in [5.74, 6) is 11.4. The van der Waals surface area contributed by atoms with Crippen LogP contribution in [0.5, 0.6) is 28.7 Å². The quantitative estimate of drug-likeness (QED) is 0.0401. The van der Waals surface area contributed by atoms with Gasteiger partial charge in [0, 0.05) is 6.61 Å². The number of benzene rings is 5. The molecular weight excluding hydrogens is 1090 g/mol. The summed E-state index contributed by atoms with van der Waals surface area (Å²) in [6.45, 7) is 38.7. The van der Waals surface area contributed by atoms with Crippen molar-refractivity contribution in [3.8, 4) is 28.7 Å². The standard InChI is InChI=1S/C21H30O2.C17H26O2.C15H24O.C14H22O.C13H20O2/c1-3-14(2)17-4-6-20(7-5-17)22-13-23-21-18-9-15-8-16(11-18)12-19(21)10-15;1-3-14(2)15-9-11-17(12-10-15)19-13-18-16-7-5-4-6-8-16;1-6-12(3)13-8-10-14(11-9-13)16-15(4,5)7-2;1-6-11(2)12-7-9-13(10-8-12)15-14(3,4)5;1-4-11(3)12-6-8-13(9-7-12)15-10-14-5-2/h4-7,14-16,18-19,21H,3,8-13H2,1-2H3;9-12,14,16H,3-8,13H2,1-2H3;8-12H,6-7H2,1-5H3;7-11H,6H2,1-5H3;6-9,11H,4-5,10H2,1-3H3. The summed E-state index contributed by atoms with van der Waals surface area (Å²) >= 11 is 0. The van der Waals surface area contributed by atoms with Gasteiger partial charge in [-0.15, -0.1) is 0 Å². The topological polar surface area (TPSA) is 73.8 Å². The fourth-order valence-electron chi connectivity index (χ4n) is 12.3. The molecule has 0 aliphatic heterocycles.